The zero-order valence-electron chi connectivity index (χ0n) is 25.0. The van der Waals surface area contributed by atoms with E-state index in [0.717, 1.165) is 19.3 Å². The van der Waals surface area contributed by atoms with Gasteiger partial charge < -0.3 is 0 Å². The number of hydrogen-bond acceptors (Lipinski definition) is 0. The minimum Gasteiger partial charge on any atom is -0.0622 e. The van der Waals surface area contributed by atoms with Gasteiger partial charge in [0.05, 0.1) is 0 Å². The summed E-state index contributed by atoms with van der Waals surface area (Å²) in [4.78, 5) is 0. The number of hydrogen-bond donors (Lipinski definition) is 0. The highest BCUT2D eigenvalue weighted by molar-refractivity contribution is 6.45. The van der Waals surface area contributed by atoms with Gasteiger partial charge in [-0.3, -0.25) is 0 Å². The van der Waals surface area contributed by atoms with E-state index in [1.165, 1.54) is 98.0 Å². The molecule has 45 heavy (non-hydrogen) atoms. The maximum absolute atomic E-state index is 2.47. The summed E-state index contributed by atoms with van der Waals surface area (Å²) in [6.07, 6.45) is 2.78. The molecule has 0 heterocycles. The average Bonchev–Trinajstić information content (AvgIpc) is 3.09. The zero-order chi connectivity index (χ0) is 29.5. The van der Waals surface area contributed by atoms with Gasteiger partial charge in [-0.15, -0.1) is 0 Å². The highest BCUT2D eigenvalue weighted by Crippen LogP contribution is 2.50. The molecule has 0 bridgehead atoms. The first-order valence-corrected chi connectivity index (χ1v) is 16.1. The predicted molar refractivity (Wildman–Crippen MR) is 193 cm³/mol. The lowest BCUT2D eigenvalue weighted by atomic mass is 9.78. The maximum Gasteiger partial charge on any atom is -0.00110 e. The Hall–Kier alpha value is -5.46. The molecular formula is C45H30. The van der Waals surface area contributed by atoms with Gasteiger partial charge in [0.1, 0.15) is 0 Å². The molecule has 0 aliphatic heterocycles. The zero-order valence-corrected chi connectivity index (χ0v) is 25.0. The molecule has 0 aromatic heterocycles. The van der Waals surface area contributed by atoms with E-state index in [0.29, 0.717) is 0 Å². The van der Waals surface area contributed by atoms with Crippen LogP contribution in [0.5, 0.6) is 0 Å². The van der Waals surface area contributed by atoms with E-state index in [-0.39, 0.29) is 0 Å². The first-order valence-electron chi connectivity index (χ1n) is 16.1. The highest BCUT2D eigenvalue weighted by atomic mass is 14.3. The predicted octanol–water partition coefficient (Wildman–Crippen LogP) is 11.7. The third-order valence-electron chi connectivity index (χ3n) is 10.2. The van der Waals surface area contributed by atoms with Crippen LogP contribution in [0, 0.1) is 0 Å². The van der Waals surface area contributed by atoms with Crippen LogP contribution in [0.4, 0.5) is 0 Å². The van der Waals surface area contributed by atoms with E-state index < -0.39 is 0 Å². The fourth-order valence-electron chi connectivity index (χ4n) is 8.29. The monoisotopic (exact) mass is 570 g/mol. The van der Waals surface area contributed by atoms with E-state index in [4.69, 9.17) is 0 Å². The van der Waals surface area contributed by atoms with Crippen LogP contribution in [0.15, 0.2) is 146 Å². The van der Waals surface area contributed by atoms with Crippen LogP contribution in [0.3, 0.4) is 0 Å². The molecule has 0 heteroatoms. The van der Waals surface area contributed by atoms with Crippen molar-refractivity contribution in [2.45, 2.75) is 19.3 Å². The van der Waals surface area contributed by atoms with E-state index in [9.17, 15) is 0 Å². The molecule has 0 spiro atoms. The summed E-state index contributed by atoms with van der Waals surface area (Å²) in [6.45, 7) is 0. The molecule has 0 nitrogen and oxygen atoms in total. The molecule has 0 N–H and O–H groups in total. The Balaban J connectivity index is 1.36. The molecule has 0 unspecified atom stereocenters. The lowest BCUT2D eigenvalue weighted by Gasteiger charge is -2.24. The maximum atomic E-state index is 2.47. The van der Waals surface area contributed by atoms with Crippen LogP contribution in [0.25, 0.3) is 64.6 Å². The van der Waals surface area contributed by atoms with Crippen LogP contribution >= 0.6 is 0 Å². The van der Waals surface area contributed by atoms with E-state index in [1.54, 1.807) is 0 Å². The Morgan fingerprint density at radius 3 is 0.844 bits per heavy atom. The molecule has 0 amide bonds. The molecule has 0 aliphatic carbocycles. The first-order chi connectivity index (χ1) is 22.3. The molecule has 10 aromatic carbocycles. The lowest BCUT2D eigenvalue weighted by Crippen LogP contribution is -2.00. The molecule has 10 aromatic rings. The quantitative estimate of drug-likeness (QED) is 0.138. The van der Waals surface area contributed by atoms with Crippen LogP contribution in [-0.2, 0) is 19.3 Å². The number of benzene rings is 10. The second-order valence-corrected chi connectivity index (χ2v) is 12.9. The smallest absolute Gasteiger partial charge is 0.00110 e. The van der Waals surface area contributed by atoms with Crippen molar-refractivity contribution in [2.24, 2.45) is 0 Å². The Morgan fingerprint density at radius 2 is 0.556 bits per heavy atom. The van der Waals surface area contributed by atoms with Crippen molar-refractivity contribution in [3.63, 3.8) is 0 Å². The van der Waals surface area contributed by atoms with Gasteiger partial charge in [0.2, 0.25) is 0 Å². The van der Waals surface area contributed by atoms with Gasteiger partial charge in [-0.25, -0.2) is 0 Å². The normalized spacial score (nSPS) is 12.3. The van der Waals surface area contributed by atoms with Crippen LogP contribution in [-0.4, -0.2) is 0 Å². The summed E-state index contributed by atoms with van der Waals surface area (Å²) in [5.74, 6) is 0. The van der Waals surface area contributed by atoms with Gasteiger partial charge >= 0.3 is 0 Å². The molecule has 210 valence electrons. The Morgan fingerprint density at radius 1 is 0.267 bits per heavy atom. The SMILES string of the molecule is c1ccc(Cc2cc3ccc4c(Cc5ccccc5)cc5ccc6c(Cc7ccccc7)cc7ccc2c2c7c6c5c4c32)cc1. The highest BCUT2D eigenvalue weighted by Gasteiger charge is 2.24. The van der Waals surface area contributed by atoms with Gasteiger partial charge in [-0.05, 0) is 117 Å². The van der Waals surface area contributed by atoms with Crippen LogP contribution < -0.4 is 0 Å². The molecule has 0 saturated carbocycles. The van der Waals surface area contributed by atoms with Crippen molar-refractivity contribution in [1.29, 1.82) is 0 Å². The van der Waals surface area contributed by atoms with E-state index in [2.05, 4.69) is 146 Å². The molecule has 0 fully saturated rings. The van der Waals surface area contributed by atoms with Crippen LogP contribution in [0.1, 0.15) is 33.4 Å². The van der Waals surface area contributed by atoms with Gasteiger partial charge in [0.25, 0.3) is 0 Å². The Kier molecular flexibility index (Phi) is 5.27. The third kappa shape index (κ3) is 3.72. The second-order valence-electron chi connectivity index (χ2n) is 12.9. The van der Waals surface area contributed by atoms with E-state index in [1.807, 2.05) is 0 Å². The average molecular weight is 571 g/mol. The van der Waals surface area contributed by atoms with Crippen molar-refractivity contribution in [2.75, 3.05) is 0 Å². The summed E-state index contributed by atoms with van der Waals surface area (Å²) in [5, 5.41) is 16.8. The van der Waals surface area contributed by atoms with E-state index >= 15 is 0 Å². The fraction of sp³-hybridized carbons (Fsp3) is 0.0667. The van der Waals surface area contributed by atoms with Gasteiger partial charge in [-0.2, -0.15) is 0 Å². The van der Waals surface area contributed by atoms with Crippen molar-refractivity contribution in [3.05, 3.63) is 179 Å². The third-order valence-corrected chi connectivity index (χ3v) is 10.2. The standard InChI is InChI=1S/C45H30/c1-4-10-28(11-5-1)22-34-25-31-17-20-38-36(24-30-14-8-3-9-15-30)27-33-18-21-39-35(23-29-12-6-2-7-13-29)26-32-16-19-37(34)43-40(31)44(38)42(33)45(39)41(32)43/h1-21,25-27H,22-24H2. The minimum atomic E-state index is 0.928. The number of rotatable bonds is 6. The summed E-state index contributed by atoms with van der Waals surface area (Å²) in [5.41, 5.74) is 8.28. The summed E-state index contributed by atoms with van der Waals surface area (Å²) in [6, 6.07) is 54.6. The topological polar surface area (TPSA) is 0 Å². The summed E-state index contributed by atoms with van der Waals surface area (Å²) >= 11 is 0. The van der Waals surface area contributed by atoms with Crippen LogP contribution in [0.2, 0.25) is 0 Å². The summed E-state index contributed by atoms with van der Waals surface area (Å²) < 4.78 is 0. The largest absolute Gasteiger partial charge is 0.0622 e. The molecular weight excluding hydrogens is 540 g/mol. The molecule has 0 saturated heterocycles. The Labute approximate surface area is 262 Å². The summed E-state index contributed by atoms with van der Waals surface area (Å²) in [7, 11) is 0. The van der Waals surface area contributed by atoms with Crippen molar-refractivity contribution < 1.29 is 0 Å². The van der Waals surface area contributed by atoms with Crippen molar-refractivity contribution >= 4 is 64.6 Å². The van der Waals surface area contributed by atoms with Crippen molar-refractivity contribution in [3.8, 4) is 0 Å². The fourth-order valence-corrected chi connectivity index (χ4v) is 8.29. The molecule has 0 radical (unpaired) electrons. The van der Waals surface area contributed by atoms with Gasteiger partial charge in [-0.1, -0.05) is 146 Å². The van der Waals surface area contributed by atoms with Gasteiger partial charge in [0, 0.05) is 0 Å². The second kappa shape index (κ2) is 9.52. The van der Waals surface area contributed by atoms with Gasteiger partial charge in [0.15, 0.2) is 0 Å². The lowest BCUT2D eigenvalue weighted by molar-refractivity contribution is 1.22. The molecule has 0 atom stereocenters. The Bertz CT molecular complexity index is 2300. The molecule has 0 aliphatic rings. The first kappa shape index (κ1) is 24.9. The molecule has 10 rings (SSSR count). The van der Waals surface area contributed by atoms with Crippen molar-refractivity contribution in [1.82, 2.24) is 0 Å². The minimum absolute atomic E-state index is 0.928.